The first kappa shape index (κ1) is 14.6. The van der Waals surface area contributed by atoms with Crippen molar-refractivity contribution in [2.75, 3.05) is 11.4 Å². The Labute approximate surface area is 127 Å². The Bertz CT molecular complexity index is 626. The number of likely N-dealkylation sites (tertiary alicyclic amines) is 1. The van der Waals surface area contributed by atoms with Crippen LogP contribution in [-0.4, -0.2) is 56.2 Å². The van der Waals surface area contributed by atoms with Crippen LogP contribution in [0.2, 0.25) is 0 Å². The number of carboxylic acid groups (broad SMARTS) is 1. The molecule has 118 valence electrons. The van der Waals surface area contributed by atoms with E-state index in [1.54, 1.807) is 33.9 Å². The predicted octanol–water partition coefficient (Wildman–Crippen LogP) is -0.00890. The number of hydrogen-bond acceptors (Lipinski definition) is 4. The molecule has 2 aliphatic heterocycles. The van der Waals surface area contributed by atoms with E-state index in [0.717, 1.165) is 5.69 Å². The van der Waals surface area contributed by atoms with Crippen molar-refractivity contribution in [1.29, 1.82) is 0 Å². The summed E-state index contributed by atoms with van der Waals surface area (Å²) in [5.74, 6) is -1.18. The van der Waals surface area contributed by atoms with Crippen molar-refractivity contribution in [3.63, 3.8) is 0 Å². The topological polar surface area (TPSA) is 95.7 Å². The Morgan fingerprint density at radius 3 is 2.77 bits per heavy atom. The van der Waals surface area contributed by atoms with Crippen LogP contribution >= 0.6 is 0 Å². The number of aliphatic carboxylic acids is 1. The van der Waals surface area contributed by atoms with Crippen LogP contribution < -0.4 is 4.90 Å². The van der Waals surface area contributed by atoms with E-state index in [-0.39, 0.29) is 36.7 Å². The van der Waals surface area contributed by atoms with Gasteiger partial charge in [-0.15, -0.1) is 0 Å². The molecule has 2 saturated heterocycles. The molecule has 3 rings (SSSR count). The second kappa shape index (κ2) is 5.43. The summed E-state index contributed by atoms with van der Waals surface area (Å²) in [6.07, 6.45) is 4.25. The van der Waals surface area contributed by atoms with Gasteiger partial charge in [-0.05, 0) is 6.42 Å². The molecule has 1 aromatic rings. The van der Waals surface area contributed by atoms with Crippen LogP contribution in [0.25, 0.3) is 0 Å². The maximum absolute atomic E-state index is 12.3. The van der Waals surface area contributed by atoms with Crippen molar-refractivity contribution >= 4 is 23.5 Å². The smallest absolute Gasteiger partial charge is 0.303 e. The third-order valence-electron chi connectivity index (χ3n) is 4.34. The summed E-state index contributed by atoms with van der Waals surface area (Å²) >= 11 is 0. The van der Waals surface area contributed by atoms with Gasteiger partial charge in [-0.25, -0.2) is 0 Å². The molecule has 22 heavy (non-hydrogen) atoms. The van der Waals surface area contributed by atoms with Crippen LogP contribution in [0.15, 0.2) is 12.4 Å². The fourth-order valence-electron chi connectivity index (χ4n) is 3.38. The SMILES string of the molecule is Cn1cc(N2C(=O)C[C@@H]3[C@H]2CCN3C(=O)CCC(=O)O)cn1. The summed E-state index contributed by atoms with van der Waals surface area (Å²) < 4.78 is 1.64. The zero-order valence-electron chi connectivity index (χ0n) is 12.3. The van der Waals surface area contributed by atoms with E-state index in [9.17, 15) is 14.4 Å². The molecule has 1 aromatic heterocycles. The normalized spacial score (nSPS) is 24.0. The van der Waals surface area contributed by atoms with Crippen LogP contribution in [0.4, 0.5) is 5.69 Å². The minimum Gasteiger partial charge on any atom is -0.481 e. The average molecular weight is 306 g/mol. The number of carbonyl (C=O) groups excluding carboxylic acids is 2. The quantitative estimate of drug-likeness (QED) is 0.844. The fraction of sp³-hybridized carbons (Fsp3) is 0.571. The largest absolute Gasteiger partial charge is 0.481 e. The number of rotatable bonds is 4. The van der Waals surface area contributed by atoms with Gasteiger partial charge >= 0.3 is 5.97 Å². The van der Waals surface area contributed by atoms with E-state index in [0.29, 0.717) is 19.4 Å². The highest BCUT2D eigenvalue weighted by Crippen LogP contribution is 2.36. The first-order valence-corrected chi connectivity index (χ1v) is 7.29. The monoisotopic (exact) mass is 306 g/mol. The highest BCUT2D eigenvalue weighted by atomic mass is 16.4. The molecule has 8 nitrogen and oxygen atoms in total. The number of amides is 2. The lowest BCUT2D eigenvalue weighted by Gasteiger charge is -2.24. The summed E-state index contributed by atoms with van der Waals surface area (Å²) in [5, 5.41) is 12.8. The van der Waals surface area contributed by atoms with Crippen LogP contribution in [0.3, 0.4) is 0 Å². The summed E-state index contributed by atoms with van der Waals surface area (Å²) in [7, 11) is 1.79. The van der Waals surface area contributed by atoms with Gasteiger partial charge in [0, 0.05) is 32.6 Å². The number of aromatic nitrogens is 2. The summed E-state index contributed by atoms with van der Waals surface area (Å²) in [6.45, 7) is 0.567. The Kier molecular flexibility index (Phi) is 3.59. The van der Waals surface area contributed by atoms with Gasteiger partial charge in [0.1, 0.15) is 0 Å². The second-order valence-electron chi connectivity index (χ2n) is 5.74. The Morgan fingerprint density at radius 2 is 2.14 bits per heavy atom. The zero-order chi connectivity index (χ0) is 15.9. The number of nitrogens with zero attached hydrogens (tertiary/aromatic N) is 4. The minimum atomic E-state index is -0.983. The first-order chi connectivity index (χ1) is 10.5. The van der Waals surface area contributed by atoms with Crippen LogP contribution in [0, 0.1) is 0 Å². The van der Waals surface area contributed by atoms with Crippen LogP contribution in [-0.2, 0) is 21.4 Å². The molecule has 3 heterocycles. The molecular weight excluding hydrogens is 288 g/mol. The van der Waals surface area contributed by atoms with Gasteiger partial charge in [0.05, 0.1) is 30.4 Å². The molecule has 0 unspecified atom stereocenters. The van der Waals surface area contributed by atoms with Gasteiger partial charge in [-0.3, -0.25) is 19.1 Å². The van der Waals surface area contributed by atoms with Gasteiger partial charge in [-0.1, -0.05) is 0 Å². The number of hydrogen-bond donors (Lipinski definition) is 1. The van der Waals surface area contributed by atoms with Crippen LogP contribution in [0.1, 0.15) is 25.7 Å². The van der Waals surface area contributed by atoms with E-state index in [4.69, 9.17) is 5.11 Å². The van der Waals surface area contributed by atoms with E-state index in [1.807, 2.05) is 0 Å². The lowest BCUT2D eigenvalue weighted by atomic mass is 10.1. The Morgan fingerprint density at radius 1 is 1.36 bits per heavy atom. The van der Waals surface area contributed by atoms with Crippen molar-refractivity contribution in [2.24, 2.45) is 7.05 Å². The third kappa shape index (κ3) is 2.44. The number of fused-ring (bicyclic) bond motifs is 1. The molecule has 0 radical (unpaired) electrons. The molecule has 0 bridgehead atoms. The molecule has 0 spiro atoms. The molecule has 8 heteroatoms. The van der Waals surface area contributed by atoms with Gasteiger partial charge in [0.15, 0.2) is 0 Å². The molecule has 1 N–H and O–H groups in total. The highest BCUT2D eigenvalue weighted by molar-refractivity contribution is 5.98. The standard InChI is InChI=1S/C14H18N4O4/c1-16-8-9(7-15-16)18-10-4-5-17(11(10)6-13(18)20)12(19)2-3-14(21)22/h7-8,10-11H,2-6H2,1H3,(H,21,22)/t10-,11-/m1/s1. The van der Waals surface area contributed by atoms with E-state index >= 15 is 0 Å². The number of carboxylic acids is 1. The van der Waals surface area contributed by atoms with Gasteiger partial charge in [-0.2, -0.15) is 5.10 Å². The molecule has 0 aromatic carbocycles. The van der Waals surface area contributed by atoms with Gasteiger partial charge in [0.25, 0.3) is 0 Å². The third-order valence-corrected chi connectivity index (χ3v) is 4.34. The molecule has 2 aliphatic rings. The fourth-order valence-corrected chi connectivity index (χ4v) is 3.38. The number of anilines is 1. The minimum absolute atomic E-state index is 0.0142. The summed E-state index contributed by atoms with van der Waals surface area (Å²) in [4.78, 5) is 38.4. The number of carbonyl (C=O) groups is 3. The van der Waals surface area contributed by atoms with E-state index in [2.05, 4.69) is 5.10 Å². The van der Waals surface area contributed by atoms with Gasteiger partial charge < -0.3 is 14.9 Å². The predicted molar refractivity (Wildman–Crippen MR) is 76.1 cm³/mol. The average Bonchev–Trinajstić information content (AvgIpc) is 3.11. The van der Waals surface area contributed by atoms with Crippen molar-refractivity contribution in [3.8, 4) is 0 Å². The molecule has 0 aliphatic carbocycles. The zero-order valence-corrected chi connectivity index (χ0v) is 12.3. The summed E-state index contributed by atoms with van der Waals surface area (Å²) in [5.41, 5.74) is 0.750. The molecule has 0 saturated carbocycles. The van der Waals surface area contributed by atoms with E-state index in [1.165, 1.54) is 0 Å². The molecule has 2 atom stereocenters. The lowest BCUT2D eigenvalue weighted by Crippen LogP contribution is -2.40. The second-order valence-corrected chi connectivity index (χ2v) is 5.74. The van der Waals surface area contributed by atoms with E-state index < -0.39 is 5.97 Å². The lowest BCUT2D eigenvalue weighted by molar-refractivity contribution is -0.141. The molecular formula is C14H18N4O4. The molecule has 2 amide bonds. The summed E-state index contributed by atoms with van der Waals surface area (Å²) in [6, 6.07) is -0.195. The van der Waals surface area contributed by atoms with Crippen molar-refractivity contribution in [2.45, 2.75) is 37.8 Å². The van der Waals surface area contributed by atoms with Crippen molar-refractivity contribution < 1.29 is 19.5 Å². The first-order valence-electron chi connectivity index (χ1n) is 7.29. The Balaban J connectivity index is 1.73. The maximum atomic E-state index is 12.3. The van der Waals surface area contributed by atoms with Crippen molar-refractivity contribution in [3.05, 3.63) is 12.4 Å². The Hall–Kier alpha value is -2.38. The van der Waals surface area contributed by atoms with Crippen molar-refractivity contribution in [1.82, 2.24) is 14.7 Å². The number of aryl methyl sites for hydroxylation is 1. The van der Waals surface area contributed by atoms with Crippen LogP contribution in [0.5, 0.6) is 0 Å². The maximum Gasteiger partial charge on any atom is 0.303 e. The highest BCUT2D eigenvalue weighted by Gasteiger charge is 2.48. The molecule has 2 fully saturated rings. The van der Waals surface area contributed by atoms with Gasteiger partial charge in [0.2, 0.25) is 11.8 Å².